The van der Waals surface area contributed by atoms with Gasteiger partial charge in [0.1, 0.15) is 5.75 Å². The van der Waals surface area contributed by atoms with Crippen molar-refractivity contribution in [2.75, 3.05) is 12.5 Å². The first kappa shape index (κ1) is 12.0. The Balaban J connectivity index is 2.14. The van der Waals surface area contributed by atoms with E-state index in [9.17, 15) is 4.79 Å². The van der Waals surface area contributed by atoms with Gasteiger partial charge in [0.15, 0.2) is 0 Å². The van der Waals surface area contributed by atoms with Crippen molar-refractivity contribution in [3.05, 3.63) is 48.5 Å². The summed E-state index contributed by atoms with van der Waals surface area (Å²) in [4.78, 5) is 10.1. The zero-order valence-electron chi connectivity index (χ0n) is 10.0. The monoisotopic (exact) mass is 242 g/mol. The largest absolute Gasteiger partial charge is 0.497 e. The molecular formula is C14H14N2O2. The number of benzene rings is 2. The summed E-state index contributed by atoms with van der Waals surface area (Å²) < 4.78 is 5.12. The maximum absolute atomic E-state index is 10.1. The third kappa shape index (κ3) is 2.79. The smallest absolute Gasteiger partial charge is 0.225 e. The molecule has 0 saturated heterocycles. The number of hydrogen-bond acceptors (Lipinski definition) is 3. The lowest BCUT2D eigenvalue weighted by molar-refractivity contribution is -0.109. The minimum Gasteiger partial charge on any atom is -0.497 e. The molecule has 4 heteroatoms. The van der Waals surface area contributed by atoms with Gasteiger partial charge in [-0.15, -0.1) is 0 Å². The fourth-order valence-electron chi connectivity index (χ4n) is 1.64. The number of hydrazine groups is 1. The predicted molar refractivity (Wildman–Crippen MR) is 71.3 cm³/mol. The topological polar surface area (TPSA) is 50.4 Å². The molecule has 0 fully saturated rings. The predicted octanol–water partition coefficient (Wildman–Crippen LogP) is 2.44. The van der Waals surface area contributed by atoms with Crippen molar-refractivity contribution >= 4 is 12.1 Å². The van der Waals surface area contributed by atoms with Crippen LogP contribution in [0.25, 0.3) is 11.1 Å². The van der Waals surface area contributed by atoms with Crippen LogP contribution >= 0.6 is 0 Å². The summed E-state index contributed by atoms with van der Waals surface area (Å²) in [5.41, 5.74) is 8.20. The lowest BCUT2D eigenvalue weighted by atomic mass is 10.1. The minimum atomic E-state index is 0.595. The molecule has 0 aromatic heterocycles. The molecule has 0 aliphatic carbocycles. The molecule has 2 aromatic carbocycles. The number of carbonyl (C=O) groups excluding carboxylic acids is 1. The van der Waals surface area contributed by atoms with Gasteiger partial charge in [-0.1, -0.05) is 24.3 Å². The van der Waals surface area contributed by atoms with Crippen LogP contribution < -0.4 is 15.6 Å². The van der Waals surface area contributed by atoms with Gasteiger partial charge in [-0.25, -0.2) is 0 Å². The Morgan fingerprint density at radius 2 is 1.50 bits per heavy atom. The number of amides is 1. The molecular weight excluding hydrogens is 228 g/mol. The molecule has 0 spiro atoms. The van der Waals surface area contributed by atoms with Gasteiger partial charge in [-0.2, -0.15) is 0 Å². The zero-order chi connectivity index (χ0) is 12.8. The fraction of sp³-hybridized carbons (Fsp3) is 0.0714. The zero-order valence-corrected chi connectivity index (χ0v) is 10.0. The third-order valence-corrected chi connectivity index (χ3v) is 2.58. The van der Waals surface area contributed by atoms with E-state index in [0.717, 1.165) is 22.6 Å². The van der Waals surface area contributed by atoms with Crippen molar-refractivity contribution in [3.63, 3.8) is 0 Å². The van der Waals surface area contributed by atoms with Crippen molar-refractivity contribution < 1.29 is 9.53 Å². The summed E-state index contributed by atoms with van der Waals surface area (Å²) in [7, 11) is 1.65. The van der Waals surface area contributed by atoms with Gasteiger partial charge in [0.2, 0.25) is 6.41 Å². The molecule has 0 aliphatic rings. The number of hydrogen-bond donors (Lipinski definition) is 2. The summed E-state index contributed by atoms with van der Waals surface area (Å²) in [6, 6.07) is 15.6. The molecule has 1 amide bonds. The van der Waals surface area contributed by atoms with Crippen LogP contribution in [0.5, 0.6) is 5.75 Å². The maximum atomic E-state index is 10.1. The summed E-state index contributed by atoms with van der Waals surface area (Å²) >= 11 is 0. The lowest BCUT2D eigenvalue weighted by Gasteiger charge is -2.06. The van der Waals surface area contributed by atoms with E-state index >= 15 is 0 Å². The minimum absolute atomic E-state index is 0.595. The Morgan fingerprint density at radius 3 is 2.00 bits per heavy atom. The average Bonchev–Trinajstić information content (AvgIpc) is 2.46. The highest BCUT2D eigenvalue weighted by Crippen LogP contribution is 2.23. The third-order valence-electron chi connectivity index (χ3n) is 2.58. The van der Waals surface area contributed by atoms with Gasteiger partial charge < -0.3 is 4.74 Å². The highest BCUT2D eigenvalue weighted by atomic mass is 16.5. The summed E-state index contributed by atoms with van der Waals surface area (Å²) in [6.07, 6.45) is 0.595. The van der Waals surface area contributed by atoms with Crippen LogP contribution in [0.2, 0.25) is 0 Å². The molecule has 0 unspecified atom stereocenters. The highest BCUT2D eigenvalue weighted by Gasteiger charge is 1.98. The Labute approximate surface area is 106 Å². The van der Waals surface area contributed by atoms with Crippen LogP contribution in [-0.2, 0) is 4.79 Å². The van der Waals surface area contributed by atoms with Gasteiger partial charge in [0, 0.05) is 0 Å². The highest BCUT2D eigenvalue weighted by molar-refractivity contribution is 5.67. The standard InChI is InChI=1S/C14H14N2O2/c1-18-14-8-4-12(5-9-14)11-2-6-13(7-3-11)16-15-10-17/h2-10,16H,1H3,(H,15,17). The van der Waals surface area contributed by atoms with Crippen LogP contribution in [0.3, 0.4) is 0 Å². The van der Waals surface area contributed by atoms with E-state index in [-0.39, 0.29) is 0 Å². The number of ether oxygens (including phenoxy) is 1. The van der Waals surface area contributed by atoms with Crippen molar-refractivity contribution in [2.45, 2.75) is 0 Å². The molecule has 2 N–H and O–H groups in total. The summed E-state index contributed by atoms with van der Waals surface area (Å²) in [5, 5.41) is 0. The van der Waals surface area contributed by atoms with Crippen molar-refractivity contribution in [1.82, 2.24) is 5.43 Å². The van der Waals surface area contributed by atoms with Crippen LogP contribution in [-0.4, -0.2) is 13.5 Å². The molecule has 4 nitrogen and oxygen atoms in total. The lowest BCUT2D eigenvalue weighted by Crippen LogP contribution is -2.18. The van der Waals surface area contributed by atoms with E-state index in [2.05, 4.69) is 10.9 Å². The molecule has 0 atom stereocenters. The Hall–Kier alpha value is -2.49. The van der Waals surface area contributed by atoms with Crippen molar-refractivity contribution in [1.29, 1.82) is 0 Å². The molecule has 0 heterocycles. The Kier molecular flexibility index (Phi) is 3.81. The van der Waals surface area contributed by atoms with E-state index in [1.165, 1.54) is 0 Å². The SMILES string of the molecule is COc1ccc(-c2ccc(NNC=O)cc2)cc1. The number of methoxy groups -OCH3 is 1. The maximum Gasteiger partial charge on any atom is 0.225 e. The summed E-state index contributed by atoms with van der Waals surface area (Å²) in [6.45, 7) is 0. The number of anilines is 1. The Morgan fingerprint density at radius 1 is 0.944 bits per heavy atom. The second kappa shape index (κ2) is 5.72. The van der Waals surface area contributed by atoms with E-state index in [0.29, 0.717) is 6.41 Å². The van der Waals surface area contributed by atoms with E-state index in [4.69, 9.17) is 4.74 Å². The first-order valence-corrected chi connectivity index (χ1v) is 5.53. The van der Waals surface area contributed by atoms with Crippen molar-refractivity contribution in [3.8, 4) is 16.9 Å². The van der Waals surface area contributed by atoms with Crippen LogP contribution in [0, 0.1) is 0 Å². The first-order valence-electron chi connectivity index (χ1n) is 5.53. The van der Waals surface area contributed by atoms with Gasteiger partial charge in [0.25, 0.3) is 0 Å². The molecule has 2 aromatic rings. The summed E-state index contributed by atoms with van der Waals surface area (Å²) in [5.74, 6) is 0.840. The van der Waals surface area contributed by atoms with Crippen LogP contribution in [0.4, 0.5) is 5.69 Å². The van der Waals surface area contributed by atoms with Crippen molar-refractivity contribution in [2.24, 2.45) is 0 Å². The molecule has 0 saturated carbocycles. The fourth-order valence-corrected chi connectivity index (χ4v) is 1.64. The van der Waals surface area contributed by atoms with Crippen LogP contribution in [0.15, 0.2) is 48.5 Å². The van der Waals surface area contributed by atoms with E-state index < -0.39 is 0 Å². The molecule has 0 radical (unpaired) electrons. The van der Waals surface area contributed by atoms with Gasteiger partial charge in [0.05, 0.1) is 12.8 Å². The van der Waals surface area contributed by atoms with Gasteiger partial charge >= 0.3 is 0 Å². The molecule has 2 rings (SSSR count). The molecule has 18 heavy (non-hydrogen) atoms. The number of carbonyl (C=O) groups is 1. The second-order valence-electron chi connectivity index (χ2n) is 3.69. The van der Waals surface area contributed by atoms with Crippen LogP contribution in [0.1, 0.15) is 0 Å². The molecule has 92 valence electrons. The number of rotatable bonds is 5. The normalized spacial score (nSPS) is 9.61. The first-order chi connectivity index (χ1) is 8.83. The van der Waals surface area contributed by atoms with E-state index in [1.54, 1.807) is 7.11 Å². The molecule has 0 bridgehead atoms. The quantitative estimate of drug-likeness (QED) is 0.625. The van der Waals surface area contributed by atoms with E-state index in [1.807, 2.05) is 48.5 Å². The Bertz CT molecular complexity index is 506. The van der Waals surface area contributed by atoms with Gasteiger partial charge in [-0.3, -0.25) is 15.6 Å². The molecule has 0 aliphatic heterocycles. The average molecular weight is 242 g/mol. The second-order valence-corrected chi connectivity index (χ2v) is 3.69. The van der Waals surface area contributed by atoms with Gasteiger partial charge in [-0.05, 0) is 35.4 Å². The number of nitrogens with one attached hydrogen (secondary N) is 2.